The van der Waals surface area contributed by atoms with Crippen molar-refractivity contribution < 1.29 is 14.3 Å². The van der Waals surface area contributed by atoms with Crippen LogP contribution in [0.2, 0.25) is 0 Å². The molecule has 0 radical (unpaired) electrons. The van der Waals surface area contributed by atoms with Crippen LogP contribution in [0.4, 0.5) is 0 Å². The van der Waals surface area contributed by atoms with E-state index in [1.807, 2.05) is 26.8 Å². The van der Waals surface area contributed by atoms with Gasteiger partial charge in [0.05, 0.1) is 6.61 Å². The first-order chi connectivity index (χ1) is 9.47. The summed E-state index contributed by atoms with van der Waals surface area (Å²) in [5.74, 6) is 1.27. The average molecular weight is 278 g/mol. The zero-order chi connectivity index (χ0) is 15.1. The Bertz CT molecular complexity index is 464. The second-order valence-corrected chi connectivity index (χ2v) is 5.27. The number of carbonyl (C=O) groups is 1. The van der Waals surface area contributed by atoms with Crippen LogP contribution in [0.1, 0.15) is 56.2 Å². The van der Waals surface area contributed by atoms with Gasteiger partial charge in [0.15, 0.2) is 0 Å². The summed E-state index contributed by atoms with van der Waals surface area (Å²) in [6.07, 6.45) is 4.77. The summed E-state index contributed by atoms with van der Waals surface area (Å²) < 4.78 is 11.1. The van der Waals surface area contributed by atoms with Gasteiger partial charge in [-0.1, -0.05) is 26.2 Å². The molecule has 0 N–H and O–H groups in total. The van der Waals surface area contributed by atoms with Crippen molar-refractivity contribution in [3.05, 3.63) is 22.8 Å². The van der Waals surface area contributed by atoms with E-state index in [1.54, 1.807) is 0 Å². The van der Waals surface area contributed by atoms with E-state index >= 15 is 0 Å². The third kappa shape index (κ3) is 4.55. The van der Waals surface area contributed by atoms with Crippen LogP contribution in [0.3, 0.4) is 0 Å². The van der Waals surface area contributed by atoms with Crippen LogP contribution in [0.25, 0.3) is 0 Å². The maximum Gasteiger partial charge on any atom is 0.308 e. The highest BCUT2D eigenvalue weighted by Gasteiger charge is 2.13. The smallest absolute Gasteiger partial charge is 0.308 e. The molecule has 1 rings (SSSR count). The minimum atomic E-state index is -0.288. The van der Waals surface area contributed by atoms with Crippen molar-refractivity contribution in [1.82, 2.24) is 0 Å². The summed E-state index contributed by atoms with van der Waals surface area (Å²) >= 11 is 0. The van der Waals surface area contributed by atoms with Gasteiger partial charge < -0.3 is 9.47 Å². The second-order valence-electron chi connectivity index (χ2n) is 5.27. The fourth-order valence-corrected chi connectivity index (χ4v) is 2.18. The summed E-state index contributed by atoms with van der Waals surface area (Å²) in [6, 6.07) is 1.96. The van der Waals surface area contributed by atoms with Crippen LogP contribution >= 0.6 is 0 Å². The van der Waals surface area contributed by atoms with E-state index in [-0.39, 0.29) is 5.97 Å². The first-order valence-corrected chi connectivity index (χ1v) is 7.39. The molecule has 0 amide bonds. The van der Waals surface area contributed by atoms with E-state index < -0.39 is 0 Å². The molecule has 0 aliphatic rings. The summed E-state index contributed by atoms with van der Waals surface area (Å²) in [4.78, 5) is 11.1. The van der Waals surface area contributed by atoms with Crippen molar-refractivity contribution in [1.29, 1.82) is 0 Å². The summed E-state index contributed by atoms with van der Waals surface area (Å²) in [7, 11) is 0. The fraction of sp³-hybridized carbons (Fsp3) is 0.588. The number of benzene rings is 1. The number of hydrogen-bond donors (Lipinski definition) is 0. The maximum absolute atomic E-state index is 11.1. The maximum atomic E-state index is 11.1. The second kappa shape index (κ2) is 7.93. The Kier molecular flexibility index (Phi) is 6.56. The first-order valence-electron chi connectivity index (χ1n) is 7.39. The van der Waals surface area contributed by atoms with E-state index in [4.69, 9.17) is 9.47 Å². The highest BCUT2D eigenvalue weighted by molar-refractivity contribution is 5.71. The number of aryl methyl sites for hydroxylation is 1. The van der Waals surface area contributed by atoms with Gasteiger partial charge in [0, 0.05) is 6.92 Å². The lowest BCUT2D eigenvalue weighted by atomic mass is 10.0. The van der Waals surface area contributed by atoms with E-state index in [0.29, 0.717) is 5.75 Å². The molecule has 0 fully saturated rings. The van der Waals surface area contributed by atoms with Gasteiger partial charge >= 0.3 is 5.97 Å². The van der Waals surface area contributed by atoms with Crippen LogP contribution in [0.5, 0.6) is 11.5 Å². The molecule has 0 saturated carbocycles. The van der Waals surface area contributed by atoms with E-state index in [0.717, 1.165) is 35.5 Å². The quantitative estimate of drug-likeness (QED) is 0.418. The Morgan fingerprint density at radius 2 is 1.80 bits per heavy atom. The predicted molar refractivity (Wildman–Crippen MR) is 81.6 cm³/mol. The molecular weight excluding hydrogens is 252 g/mol. The van der Waals surface area contributed by atoms with Gasteiger partial charge in [-0.3, -0.25) is 4.79 Å². The van der Waals surface area contributed by atoms with Gasteiger partial charge in [0.25, 0.3) is 0 Å². The first kappa shape index (κ1) is 16.5. The molecule has 0 bridgehead atoms. The normalized spacial score (nSPS) is 10.4. The molecule has 1 aromatic rings. The molecule has 0 saturated heterocycles. The monoisotopic (exact) mass is 278 g/mol. The van der Waals surface area contributed by atoms with E-state index in [2.05, 4.69) is 6.92 Å². The lowest BCUT2D eigenvalue weighted by Gasteiger charge is -2.16. The van der Waals surface area contributed by atoms with Gasteiger partial charge in [0.1, 0.15) is 11.5 Å². The summed E-state index contributed by atoms with van der Waals surface area (Å²) in [6.45, 7) is 10.3. The van der Waals surface area contributed by atoms with Crippen molar-refractivity contribution in [2.75, 3.05) is 6.61 Å². The Hall–Kier alpha value is -1.51. The Balaban J connectivity index is 2.76. The van der Waals surface area contributed by atoms with Crippen LogP contribution < -0.4 is 9.47 Å². The number of hydrogen-bond acceptors (Lipinski definition) is 3. The molecule has 3 heteroatoms. The van der Waals surface area contributed by atoms with Gasteiger partial charge in [0.2, 0.25) is 0 Å². The van der Waals surface area contributed by atoms with Crippen molar-refractivity contribution >= 4 is 5.97 Å². The number of unbranched alkanes of at least 4 members (excludes halogenated alkanes) is 3. The van der Waals surface area contributed by atoms with Gasteiger partial charge in [-0.05, 0) is 49.9 Å². The molecule has 0 spiro atoms. The highest BCUT2D eigenvalue weighted by Crippen LogP contribution is 2.33. The minimum absolute atomic E-state index is 0.288. The third-order valence-corrected chi connectivity index (χ3v) is 3.48. The highest BCUT2D eigenvalue weighted by atomic mass is 16.5. The Morgan fingerprint density at radius 1 is 1.10 bits per heavy atom. The zero-order valence-corrected chi connectivity index (χ0v) is 13.3. The fourth-order valence-electron chi connectivity index (χ4n) is 2.18. The standard InChI is InChI=1S/C17H26O3/c1-6-7-8-9-10-19-16-11-12(2)17(20-15(5)18)14(4)13(16)3/h11H,6-10H2,1-5H3. The number of rotatable bonds is 7. The SMILES string of the molecule is CCCCCCOc1cc(C)c(OC(C)=O)c(C)c1C. The zero-order valence-electron chi connectivity index (χ0n) is 13.3. The summed E-state index contributed by atoms with van der Waals surface area (Å²) in [5.41, 5.74) is 2.96. The lowest BCUT2D eigenvalue weighted by Crippen LogP contribution is -2.07. The van der Waals surface area contributed by atoms with Crippen LogP contribution in [0, 0.1) is 20.8 Å². The number of ether oxygens (including phenoxy) is 2. The topological polar surface area (TPSA) is 35.5 Å². The molecule has 20 heavy (non-hydrogen) atoms. The average Bonchev–Trinajstić information content (AvgIpc) is 2.39. The van der Waals surface area contributed by atoms with Crippen molar-refractivity contribution in [2.24, 2.45) is 0 Å². The Labute approximate surface area is 122 Å². The predicted octanol–water partition coefficient (Wildman–Crippen LogP) is 4.50. The number of carbonyl (C=O) groups excluding carboxylic acids is 1. The van der Waals surface area contributed by atoms with E-state index in [1.165, 1.54) is 26.2 Å². The van der Waals surface area contributed by atoms with Crippen molar-refractivity contribution in [3.8, 4) is 11.5 Å². The van der Waals surface area contributed by atoms with E-state index in [9.17, 15) is 4.79 Å². The van der Waals surface area contributed by atoms with Crippen LogP contribution in [-0.4, -0.2) is 12.6 Å². The van der Waals surface area contributed by atoms with Crippen LogP contribution in [-0.2, 0) is 4.79 Å². The molecule has 0 aliphatic heterocycles. The van der Waals surface area contributed by atoms with Crippen molar-refractivity contribution in [2.45, 2.75) is 60.3 Å². The van der Waals surface area contributed by atoms with Gasteiger partial charge in [-0.2, -0.15) is 0 Å². The van der Waals surface area contributed by atoms with Gasteiger partial charge in [-0.25, -0.2) is 0 Å². The molecule has 0 heterocycles. The number of esters is 1. The largest absolute Gasteiger partial charge is 0.493 e. The molecule has 112 valence electrons. The molecule has 3 nitrogen and oxygen atoms in total. The molecular formula is C17H26O3. The Morgan fingerprint density at radius 3 is 2.40 bits per heavy atom. The van der Waals surface area contributed by atoms with Gasteiger partial charge in [-0.15, -0.1) is 0 Å². The lowest BCUT2D eigenvalue weighted by molar-refractivity contribution is -0.131. The molecule has 1 aromatic carbocycles. The van der Waals surface area contributed by atoms with Crippen LogP contribution in [0.15, 0.2) is 6.07 Å². The third-order valence-electron chi connectivity index (χ3n) is 3.48. The minimum Gasteiger partial charge on any atom is -0.493 e. The molecule has 0 atom stereocenters. The molecule has 0 aromatic heterocycles. The summed E-state index contributed by atoms with van der Waals surface area (Å²) in [5, 5.41) is 0. The molecule has 0 unspecified atom stereocenters. The molecule has 0 aliphatic carbocycles. The van der Waals surface area contributed by atoms with Crippen molar-refractivity contribution in [3.63, 3.8) is 0 Å².